The van der Waals surface area contributed by atoms with Crippen molar-refractivity contribution >= 4 is 17.6 Å². The summed E-state index contributed by atoms with van der Waals surface area (Å²) in [6, 6.07) is 4.74. The molecule has 0 saturated carbocycles. The van der Waals surface area contributed by atoms with Gasteiger partial charge in [-0.15, -0.1) is 0 Å². The summed E-state index contributed by atoms with van der Waals surface area (Å²) in [6.07, 6.45) is -2.65. The molecule has 1 aromatic rings. The molecular formula is C20H29F4N5O. The third-order valence-electron chi connectivity index (χ3n) is 4.82. The maximum atomic E-state index is 13.4. The zero-order valence-corrected chi connectivity index (χ0v) is 17.5. The van der Waals surface area contributed by atoms with Crippen molar-refractivity contribution in [2.24, 2.45) is 4.99 Å². The zero-order chi connectivity index (χ0) is 22.3. The molecule has 10 heteroatoms. The third-order valence-corrected chi connectivity index (χ3v) is 4.82. The van der Waals surface area contributed by atoms with Crippen LogP contribution in [-0.4, -0.2) is 68.8 Å². The highest BCUT2D eigenvalue weighted by atomic mass is 19.4. The van der Waals surface area contributed by atoms with E-state index in [-0.39, 0.29) is 18.4 Å². The van der Waals surface area contributed by atoms with Gasteiger partial charge in [0.2, 0.25) is 5.91 Å². The molecule has 1 saturated heterocycles. The van der Waals surface area contributed by atoms with Crippen molar-refractivity contribution in [1.82, 2.24) is 15.5 Å². The standard InChI is InChI=1S/C20H29F4N5O/c1-4-25-19(26-11-18(30)28(3)13-20(22,23)24)27-16-6-5-9-29(12-16)17-8-7-15(21)10-14(17)2/h7-8,10,16H,4-6,9,11-13H2,1-3H3,(H2,25,26,27). The highest BCUT2D eigenvalue weighted by Crippen LogP contribution is 2.24. The molecule has 1 fully saturated rings. The van der Waals surface area contributed by atoms with Gasteiger partial charge >= 0.3 is 6.18 Å². The maximum absolute atomic E-state index is 13.4. The Morgan fingerprint density at radius 2 is 2.10 bits per heavy atom. The molecule has 1 unspecified atom stereocenters. The fraction of sp³-hybridized carbons (Fsp3) is 0.600. The van der Waals surface area contributed by atoms with Crippen LogP contribution in [0.25, 0.3) is 0 Å². The number of guanidine groups is 1. The lowest BCUT2D eigenvalue weighted by Gasteiger charge is -2.36. The SMILES string of the molecule is CCNC(=NCC(=O)N(C)CC(F)(F)F)NC1CCCN(c2ccc(F)cc2C)C1. The maximum Gasteiger partial charge on any atom is 0.406 e. The Morgan fingerprint density at radius 3 is 2.73 bits per heavy atom. The minimum atomic E-state index is -4.44. The van der Waals surface area contributed by atoms with Gasteiger partial charge in [-0.2, -0.15) is 13.2 Å². The molecule has 1 amide bonds. The van der Waals surface area contributed by atoms with E-state index in [0.717, 1.165) is 37.7 Å². The van der Waals surface area contributed by atoms with Gasteiger partial charge in [0.25, 0.3) is 0 Å². The summed E-state index contributed by atoms with van der Waals surface area (Å²) in [7, 11) is 1.11. The van der Waals surface area contributed by atoms with Crippen LogP contribution in [0, 0.1) is 12.7 Å². The Morgan fingerprint density at radius 1 is 1.37 bits per heavy atom. The molecule has 168 valence electrons. The number of hydrogen-bond acceptors (Lipinski definition) is 3. The van der Waals surface area contributed by atoms with Crippen LogP contribution < -0.4 is 15.5 Å². The summed E-state index contributed by atoms with van der Waals surface area (Å²) in [5.41, 5.74) is 1.82. The van der Waals surface area contributed by atoms with Crippen LogP contribution in [-0.2, 0) is 4.79 Å². The average molecular weight is 431 g/mol. The Kier molecular flexibility index (Phi) is 8.31. The first-order valence-corrected chi connectivity index (χ1v) is 9.95. The molecule has 1 aromatic carbocycles. The molecule has 0 bridgehead atoms. The minimum absolute atomic E-state index is 0.0315. The Hall–Kier alpha value is -2.52. The number of anilines is 1. The minimum Gasteiger partial charge on any atom is -0.369 e. The zero-order valence-electron chi connectivity index (χ0n) is 17.5. The normalized spacial score (nSPS) is 17.6. The number of piperidine rings is 1. The molecule has 0 radical (unpaired) electrons. The number of carbonyl (C=O) groups is 1. The van der Waals surface area contributed by atoms with Crippen LogP contribution >= 0.6 is 0 Å². The summed E-state index contributed by atoms with van der Waals surface area (Å²) in [6.45, 7) is 4.10. The smallest absolute Gasteiger partial charge is 0.369 e. The van der Waals surface area contributed by atoms with Gasteiger partial charge in [-0.3, -0.25) is 4.79 Å². The van der Waals surface area contributed by atoms with Crippen LogP contribution in [0.5, 0.6) is 0 Å². The molecule has 1 aliphatic rings. The van der Waals surface area contributed by atoms with Crippen LogP contribution in [0.1, 0.15) is 25.3 Å². The second kappa shape index (κ2) is 10.5. The van der Waals surface area contributed by atoms with E-state index in [4.69, 9.17) is 0 Å². The number of amides is 1. The molecule has 1 atom stereocenters. The van der Waals surface area contributed by atoms with E-state index in [1.165, 1.54) is 12.1 Å². The predicted octanol–water partition coefficient (Wildman–Crippen LogP) is 2.68. The number of rotatable bonds is 6. The van der Waals surface area contributed by atoms with Gasteiger partial charge in [0.05, 0.1) is 0 Å². The number of aliphatic imine (C=N–C) groups is 1. The number of alkyl halides is 3. The molecule has 2 N–H and O–H groups in total. The molecule has 6 nitrogen and oxygen atoms in total. The Balaban J connectivity index is 1.99. The van der Waals surface area contributed by atoms with E-state index >= 15 is 0 Å². The van der Waals surface area contributed by atoms with Crippen LogP contribution in [0.4, 0.5) is 23.2 Å². The molecule has 2 rings (SSSR count). The van der Waals surface area contributed by atoms with Crippen molar-refractivity contribution in [3.8, 4) is 0 Å². The number of nitrogens with one attached hydrogen (secondary N) is 2. The fourth-order valence-electron chi connectivity index (χ4n) is 3.43. The number of hydrogen-bond donors (Lipinski definition) is 2. The summed E-state index contributed by atoms with van der Waals surface area (Å²) in [5.74, 6) is -0.602. The summed E-state index contributed by atoms with van der Waals surface area (Å²) in [4.78, 5) is 18.9. The van der Waals surface area contributed by atoms with Crippen molar-refractivity contribution in [2.45, 2.75) is 38.9 Å². The fourth-order valence-corrected chi connectivity index (χ4v) is 3.43. The van der Waals surface area contributed by atoms with Crippen molar-refractivity contribution in [3.63, 3.8) is 0 Å². The Labute approximate surface area is 174 Å². The van der Waals surface area contributed by atoms with Gasteiger partial charge < -0.3 is 20.4 Å². The first-order valence-electron chi connectivity index (χ1n) is 9.95. The van der Waals surface area contributed by atoms with E-state index in [1.807, 2.05) is 13.8 Å². The van der Waals surface area contributed by atoms with Crippen molar-refractivity contribution in [3.05, 3.63) is 29.6 Å². The molecule has 0 aliphatic carbocycles. The summed E-state index contributed by atoms with van der Waals surface area (Å²) in [5, 5.41) is 6.28. The van der Waals surface area contributed by atoms with Crippen molar-refractivity contribution in [1.29, 1.82) is 0 Å². The monoisotopic (exact) mass is 431 g/mol. The lowest BCUT2D eigenvalue weighted by Crippen LogP contribution is -2.51. The largest absolute Gasteiger partial charge is 0.406 e. The van der Waals surface area contributed by atoms with Gasteiger partial charge in [0.15, 0.2) is 5.96 Å². The number of likely N-dealkylation sites (N-methyl/N-ethyl adjacent to an activating group) is 1. The molecule has 1 aliphatic heterocycles. The highest BCUT2D eigenvalue weighted by Gasteiger charge is 2.31. The highest BCUT2D eigenvalue weighted by molar-refractivity contribution is 5.85. The average Bonchev–Trinajstić information content (AvgIpc) is 2.65. The van der Waals surface area contributed by atoms with Crippen LogP contribution in [0.15, 0.2) is 23.2 Å². The van der Waals surface area contributed by atoms with Crippen LogP contribution in [0.2, 0.25) is 0 Å². The number of carbonyl (C=O) groups excluding carboxylic acids is 1. The summed E-state index contributed by atoms with van der Waals surface area (Å²) < 4.78 is 50.7. The first kappa shape index (κ1) is 23.8. The second-order valence-corrected chi connectivity index (χ2v) is 7.42. The van der Waals surface area contributed by atoms with Gasteiger partial charge in [-0.1, -0.05) is 0 Å². The molecule has 1 heterocycles. The van der Waals surface area contributed by atoms with E-state index in [2.05, 4.69) is 20.5 Å². The van der Waals surface area contributed by atoms with Crippen molar-refractivity contribution < 1.29 is 22.4 Å². The first-order chi connectivity index (χ1) is 14.1. The lowest BCUT2D eigenvalue weighted by molar-refractivity contribution is -0.157. The van der Waals surface area contributed by atoms with Gasteiger partial charge in [0.1, 0.15) is 18.9 Å². The quantitative estimate of drug-likeness (QED) is 0.413. The van der Waals surface area contributed by atoms with E-state index < -0.39 is 18.6 Å². The molecule has 0 spiro atoms. The second-order valence-electron chi connectivity index (χ2n) is 7.42. The molecule has 30 heavy (non-hydrogen) atoms. The third kappa shape index (κ3) is 7.38. The topological polar surface area (TPSA) is 60.0 Å². The number of benzene rings is 1. The number of halogens is 4. The van der Waals surface area contributed by atoms with E-state index in [1.54, 1.807) is 6.07 Å². The summed E-state index contributed by atoms with van der Waals surface area (Å²) >= 11 is 0. The van der Waals surface area contributed by atoms with Crippen LogP contribution in [0.3, 0.4) is 0 Å². The van der Waals surface area contributed by atoms with E-state index in [9.17, 15) is 22.4 Å². The number of nitrogens with zero attached hydrogens (tertiary/aromatic N) is 3. The lowest BCUT2D eigenvalue weighted by atomic mass is 10.0. The van der Waals surface area contributed by atoms with Gasteiger partial charge in [-0.05, 0) is 50.5 Å². The van der Waals surface area contributed by atoms with E-state index in [0.29, 0.717) is 23.9 Å². The predicted molar refractivity (Wildman–Crippen MR) is 109 cm³/mol. The molecule has 0 aromatic heterocycles. The number of aryl methyl sites for hydroxylation is 1. The Bertz CT molecular complexity index is 753. The van der Waals surface area contributed by atoms with Crippen molar-refractivity contribution in [2.75, 3.05) is 44.7 Å². The van der Waals surface area contributed by atoms with Gasteiger partial charge in [0, 0.05) is 38.4 Å². The molecular weight excluding hydrogens is 402 g/mol. The van der Waals surface area contributed by atoms with Gasteiger partial charge in [-0.25, -0.2) is 9.38 Å².